The third kappa shape index (κ3) is 2.32. The van der Waals surface area contributed by atoms with Crippen LogP contribution in [0.15, 0.2) is 12.3 Å². The maximum atomic E-state index is 5.82. The fourth-order valence-electron chi connectivity index (χ4n) is 0.974. The maximum absolute atomic E-state index is 5.82. The Hall–Kier alpha value is -0.800. The number of aryl methyl sites for hydroxylation is 1. The fourth-order valence-corrected chi connectivity index (χ4v) is 1.13. The Balaban J connectivity index is 2.03. The Kier molecular flexibility index (Phi) is 2.38. The topological polar surface area (TPSA) is 34.6 Å². The number of hydrogen-bond donors (Lipinski definition) is 0. The van der Waals surface area contributed by atoms with Crippen molar-refractivity contribution in [3.63, 3.8) is 0 Å². The molecule has 0 bridgehead atoms. The van der Waals surface area contributed by atoms with E-state index in [2.05, 4.69) is 4.98 Å². The Bertz CT molecular complexity index is 312. The lowest BCUT2D eigenvalue weighted by Crippen LogP contribution is -2.04. The van der Waals surface area contributed by atoms with Crippen LogP contribution in [0.3, 0.4) is 0 Å². The quantitative estimate of drug-likeness (QED) is 0.550. The first kappa shape index (κ1) is 8.78. The molecule has 1 aliphatic rings. The molecule has 1 aromatic rings. The van der Waals surface area contributed by atoms with E-state index < -0.39 is 0 Å². The molecular weight excluding hydrogens is 190 g/mol. The van der Waals surface area contributed by atoms with E-state index in [0.29, 0.717) is 17.5 Å². The lowest BCUT2D eigenvalue weighted by molar-refractivity contribution is 0.262. The Morgan fingerprint density at radius 1 is 1.77 bits per heavy atom. The lowest BCUT2D eigenvalue weighted by Gasteiger charge is -2.05. The number of epoxide rings is 1. The molecule has 0 spiro atoms. The van der Waals surface area contributed by atoms with Crippen LogP contribution >= 0.6 is 11.6 Å². The number of pyridine rings is 1. The average molecular weight is 200 g/mol. The van der Waals surface area contributed by atoms with Crippen molar-refractivity contribution in [1.29, 1.82) is 0 Å². The van der Waals surface area contributed by atoms with E-state index in [1.807, 2.05) is 13.0 Å². The van der Waals surface area contributed by atoms with Crippen LogP contribution in [0.2, 0.25) is 5.15 Å². The molecule has 0 aliphatic carbocycles. The molecule has 3 nitrogen and oxygen atoms in total. The molecule has 0 saturated carbocycles. The van der Waals surface area contributed by atoms with E-state index in [-0.39, 0.29) is 6.10 Å². The Morgan fingerprint density at radius 2 is 2.54 bits per heavy atom. The summed E-state index contributed by atoms with van der Waals surface area (Å²) in [5, 5.41) is 0.409. The molecule has 1 fully saturated rings. The second kappa shape index (κ2) is 3.52. The summed E-state index contributed by atoms with van der Waals surface area (Å²) in [6.07, 6.45) is 1.96. The molecule has 4 heteroatoms. The average Bonchev–Trinajstić information content (AvgIpc) is 2.90. The normalized spacial score (nSPS) is 20.0. The smallest absolute Gasteiger partial charge is 0.171 e. The molecule has 0 aromatic carbocycles. The highest BCUT2D eigenvalue weighted by atomic mass is 35.5. The van der Waals surface area contributed by atoms with Crippen LogP contribution in [-0.4, -0.2) is 24.3 Å². The lowest BCUT2D eigenvalue weighted by atomic mass is 10.3. The molecule has 1 saturated heterocycles. The zero-order valence-corrected chi connectivity index (χ0v) is 8.04. The molecule has 0 radical (unpaired) electrons. The summed E-state index contributed by atoms with van der Waals surface area (Å²) in [5.74, 6) is 0.636. The van der Waals surface area contributed by atoms with Gasteiger partial charge < -0.3 is 9.47 Å². The summed E-state index contributed by atoms with van der Waals surface area (Å²) in [6, 6.07) is 1.87. The number of ether oxygens (including phenoxy) is 2. The van der Waals surface area contributed by atoms with Gasteiger partial charge in [-0.25, -0.2) is 4.98 Å². The molecule has 0 N–H and O–H groups in total. The summed E-state index contributed by atoms with van der Waals surface area (Å²) in [6.45, 7) is 3.30. The first-order valence-corrected chi connectivity index (χ1v) is 4.50. The molecule has 1 aromatic heterocycles. The highest BCUT2D eigenvalue weighted by Gasteiger charge is 2.23. The van der Waals surface area contributed by atoms with Crippen molar-refractivity contribution >= 4 is 11.6 Å². The monoisotopic (exact) mass is 199 g/mol. The number of hydrogen-bond acceptors (Lipinski definition) is 3. The predicted octanol–water partition coefficient (Wildman–Crippen LogP) is 1.82. The van der Waals surface area contributed by atoms with E-state index in [1.54, 1.807) is 6.20 Å². The van der Waals surface area contributed by atoms with Crippen LogP contribution < -0.4 is 4.74 Å². The van der Waals surface area contributed by atoms with Gasteiger partial charge >= 0.3 is 0 Å². The van der Waals surface area contributed by atoms with Crippen molar-refractivity contribution in [3.8, 4) is 5.75 Å². The Labute approximate surface area is 81.6 Å². The molecule has 1 atom stereocenters. The molecule has 70 valence electrons. The van der Waals surface area contributed by atoms with Crippen LogP contribution in [-0.2, 0) is 4.74 Å². The predicted molar refractivity (Wildman–Crippen MR) is 49.2 cm³/mol. The van der Waals surface area contributed by atoms with Crippen molar-refractivity contribution < 1.29 is 9.47 Å². The number of nitrogens with zero attached hydrogens (tertiary/aromatic N) is 1. The molecule has 0 unspecified atom stereocenters. The van der Waals surface area contributed by atoms with Crippen molar-refractivity contribution in [2.45, 2.75) is 13.0 Å². The van der Waals surface area contributed by atoms with E-state index in [9.17, 15) is 0 Å². The fraction of sp³-hybridized carbons (Fsp3) is 0.444. The van der Waals surface area contributed by atoms with Gasteiger partial charge in [0.1, 0.15) is 12.7 Å². The molecule has 1 aliphatic heterocycles. The Morgan fingerprint density at radius 3 is 3.23 bits per heavy atom. The second-order valence-electron chi connectivity index (χ2n) is 3.07. The van der Waals surface area contributed by atoms with Gasteiger partial charge in [-0.2, -0.15) is 0 Å². The molecule has 13 heavy (non-hydrogen) atoms. The number of rotatable bonds is 3. The van der Waals surface area contributed by atoms with Gasteiger partial charge in [0.05, 0.1) is 6.61 Å². The van der Waals surface area contributed by atoms with Gasteiger partial charge in [0, 0.05) is 6.20 Å². The minimum atomic E-state index is 0.247. The van der Waals surface area contributed by atoms with Crippen molar-refractivity contribution in [3.05, 3.63) is 23.0 Å². The summed E-state index contributed by atoms with van der Waals surface area (Å²) < 4.78 is 10.4. The highest BCUT2D eigenvalue weighted by Crippen LogP contribution is 2.23. The van der Waals surface area contributed by atoms with E-state index in [0.717, 1.165) is 12.2 Å². The van der Waals surface area contributed by atoms with E-state index in [1.165, 1.54) is 0 Å². The second-order valence-corrected chi connectivity index (χ2v) is 3.43. The summed E-state index contributed by atoms with van der Waals surface area (Å²) in [7, 11) is 0. The largest absolute Gasteiger partial charge is 0.488 e. The standard InChI is InChI=1S/C9H10ClNO2/c1-6-2-8(9(10)11-3-6)13-5-7-4-12-7/h2-3,7H,4-5H2,1H3/t7-/m0/s1. The van der Waals surface area contributed by atoms with Gasteiger partial charge in [0.15, 0.2) is 10.9 Å². The number of aromatic nitrogens is 1. The minimum absolute atomic E-state index is 0.247. The van der Waals surface area contributed by atoms with Gasteiger partial charge in [-0.1, -0.05) is 11.6 Å². The van der Waals surface area contributed by atoms with Crippen LogP contribution in [0.1, 0.15) is 5.56 Å². The number of halogens is 1. The third-order valence-corrected chi connectivity index (χ3v) is 2.05. The van der Waals surface area contributed by atoms with Crippen LogP contribution in [0, 0.1) is 6.92 Å². The summed E-state index contributed by atoms with van der Waals surface area (Å²) >= 11 is 5.82. The van der Waals surface area contributed by atoms with Crippen LogP contribution in [0.5, 0.6) is 5.75 Å². The van der Waals surface area contributed by atoms with Gasteiger partial charge in [-0.15, -0.1) is 0 Å². The first-order chi connectivity index (χ1) is 6.25. The van der Waals surface area contributed by atoms with Gasteiger partial charge in [-0.05, 0) is 18.6 Å². The molecule has 0 amide bonds. The van der Waals surface area contributed by atoms with Gasteiger partial charge in [-0.3, -0.25) is 0 Å². The van der Waals surface area contributed by atoms with E-state index >= 15 is 0 Å². The molecule has 2 heterocycles. The minimum Gasteiger partial charge on any atom is -0.488 e. The zero-order valence-electron chi connectivity index (χ0n) is 7.29. The van der Waals surface area contributed by atoms with Crippen molar-refractivity contribution in [1.82, 2.24) is 4.98 Å². The summed E-state index contributed by atoms with van der Waals surface area (Å²) in [4.78, 5) is 3.98. The molecule has 2 rings (SSSR count). The van der Waals surface area contributed by atoms with Gasteiger partial charge in [0.25, 0.3) is 0 Å². The van der Waals surface area contributed by atoms with Crippen molar-refractivity contribution in [2.75, 3.05) is 13.2 Å². The van der Waals surface area contributed by atoms with Gasteiger partial charge in [0.2, 0.25) is 0 Å². The zero-order chi connectivity index (χ0) is 9.26. The molecular formula is C9H10ClNO2. The van der Waals surface area contributed by atoms with Crippen molar-refractivity contribution in [2.24, 2.45) is 0 Å². The SMILES string of the molecule is Cc1cnc(Cl)c(OC[C@@H]2CO2)c1. The first-order valence-electron chi connectivity index (χ1n) is 4.12. The highest BCUT2D eigenvalue weighted by molar-refractivity contribution is 6.30. The van der Waals surface area contributed by atoms with E-state index in [4.69, 9.17) is 21.1 Å². The van der Waals surface area contributed by atoms with Crippen LogP contribution in [0.25, 0.3) is 0 Å². The maximum Gasteiger partial charge on any atom is 0.171 e. The van der Waals surface area contributed by atoms with Crippen LogP contribution in [0.4, 0.5) is 0 Å². The third-order valence-electron chi connectivity index (χ3n) is 1.77. The summed E-state index contributed by atoms with van der Waals surface area (Å²) in [5.41, 5.74) is 1.04.